The van der Waals surface area contributed by atoms with Gasteiger partial charge in [0, 0.05) is 13.0 Å². The number of hydrogen-bond donors (Lipinski definition) is 2. The summed E-state index contributed by atoms with van der Waals surface area (Å²) in [5.74, 6) is -2.38. The maximum absolute atomic E-state index is 11.8. The van der Waals surface area contributed by atoms with Crippen molar-refractivity contribution in [3.63, 3.8) is 0 Å². The Bertz CT molecular complexity index is 557. The van der Waals surface area contributed by atoms with E-state index in [1.54, 1.807) is 0 Å². The average Bonchev–Trinajstić information content (AvgIpc) is 3.04. The Balaban J connectivity index is 1.81. The van der Waals surface area contributed by atoms with Gasteiger partial charge < -0.3 is 29.8 Å². The van der Waals surface area contributed by atoms with Crippen molar-refractivity contribution in [2.75, 3.05) is 13.2 Å². The van der Waals surface area contributed by atoms with Crippen LogP contribution in [0.5, 0.6) is 0 Å². The van der Waals surface area contributed by atoms with E-state index in [-0.39, 0.29) is 37.9 Å². The average molecular weight is 298 g/mol. The van der Waals surface area contributed by atoms with E-state index in [2.05, 4.69) is 10.3 Å². The van der Waals surface area contributed by atoms with E-state index >= 15 is 0 Å². The van der Waals surface area contributed by atoms with Crippen LogP contribution in [0.4, 0.5) is 5.82 Å². The summed E-state index contributed by atoms with van der Waals surface area (Å²) in [7, 11) is 0. The van der Waals surface area contributed by atoms with Crippen molar-refractivity contribution in [3.8, 4) is 0 Å². The van der Waals surface area contributed by atoms with Gasteiger partial charge in [0.1, 0.15) is 12.1 Å². The Morgan fingerprint density at radius 1 is 1.57 bits per heavy atom. The van der Waals surface area contributed by atoms with Crippen LogP contribution in [-0.2, 0) is 20.9 Å². The maximum atomic E-state index is 11.8. The molecule has 1 aliphatic rings. The molecule has 0 bridgehead atoms. The van der Waals surface area contributed by atoms with Crippen LogP contribution in [0.1, 0.15) is 6.42 Å². The van der Waals surface area contributed by atoms with Crippen molar-refractivity contribution in [2.24, 2.45) is 5.92 Å². The second-order valence-corrected chi connectivity index (χ2v) is 4.63. The first-order chi connectivity index (χ1) is 9.97. The summed E-state index contributed by atoms with van der Waals surface area (Å²) in [6.07, 6.45) is 2.56. The third-order valence-electron chi connectivity index (χ3n) is 3.15. The number of aromatic nitrogens is 2. The summed E-state index contributed by atoms with van der Waals surface area (Å²) in [6, 6.07) is -0.549. The van der Waals surface area contributed by atoms with Crippen LogP contribution in [0, 0.1) is 16.0 Å². The van der Waals surface area contributed by atoms with Gasteiger partial charge in [-0.05, 0) is 9.91 Å². The van der Waals surface area contributed by atoms with E-state index in [9.17, 15) is 19.7 Å². The van der Waals surface area contributed by atoms with Crippen molar-refractivity contribution in [1.82, 2.24) is 14.9 Å². The number of ether oxygens (including phenoxy) is 1. The lowest BCUT2D eigenvalue weighted by Crippen LogP contribution is -2.42. The van der Waals surface area contributed by atoms with Gasteiger partial charge >= 0.3 is 11.8 Å². The highest BCUT2D eigenvalue weighted by molar-refractivity contribution is 5.78. The number of nitrogens with zero attached hydrogens (tertiary/aromatic N) is 3. The number of amides is 1. The molecule has 0 aliphatic carbocycles. The summed E-state index contributed by atoms with van der Waals surface area (Å²) >= 11 is 0. The maximum Gasteiger partial charge on any atom is 0.381 e. The number of carbonyl (C=O) groups excluding carboxylic acids is 1. The van der Waals surface area contributed by atoms with Crippen LogP contribution in [0.3, 0.4) is 0 Å². The lowest BCUT2D eigenvalue weighted by Gasteiger charge is -2.15. The molecule has 2 unspecified atom stereocenters. The third kappa shape index (κ3) is 3.75. The number of nitro groups is 1. The number of rotatable bonds is 6. The van der Waals surface area contributed by atoms with E-state index in [0.717, 1.165) is 0 Å². The molecule has 0 aromatic carbocycles. The molecule has 0 saturated carbocycles. The summed E-state index contributed by atoms with van der Waals surface area (Å²) in [6.45, 7) is 0.464. The fourth-order valence-corrected chi connectivity index (χ4v) is 2.01. The number of imidazole rings is 1. The number of carboxylic acid groups (broad SMARTS) is 1. The van der Waals surface area contributed by atoms with Crippen molar-refractivity contribution in [3.05, 3.63) is 22.6 Å². The number of hydrogen-bond acceptors (Lipinski definition) is 6. The van der Waals surface area contributed by atoms with Gasteiger partial charge in [-0.25, -0.2) is 0 Å². The van der Waals surface area contributed by atoms with Gasteiger partial charge in [0.25, 0.3) is 0 Å². The highest BCUT2D eigenvalue weighted by Crippen LogP contribution is 2.14. The molecular formula is C11H14N4O6. The Morgan fingerprint density at radius 3 is 2.95 bits per heavy atom. The highest BCUT2D eigenvalue weighted by Gasteiger charge is 2.34. The molecule has 1 aliphatic heterocycles. The fourth-order valence-electron chi connectivity index (χ4n) is 2.01. The molecule has 2 N–H and O–H groups in total. The van der Waals surface area contributed by atoms with Crippen molar-refractivity contribution in [1.29, 1.82) is 0 Å². The minimum absolute atomic E-state index is 0.0658. The number of carbonyl (C=O) groups is 2. The van der Waals surface area contributed by atoms with Crippen molar-refractivity contribution >= 4 is 17.7 Å². The van der Waals surface area contributed by atoms with Crippen LogP contribution in [0.25, 0.3) is 0 Å². The summed E-state index contributed by atoms with van der Waals surface area (Å²) in [5.41, 5.74) is 0. The topological polar surface area (TPSA) is 137 Å². The summed E-state index contributed by atoms with van der Waals surface area (Å²) in [5, 5.41) is 22.0. The Labute approximate surface area is 118 Å². The van der Waals surface area contributed by atoms with Crippen LogP contribution in [-0.4, -0.2) is 50.7 Å². The zero-order valence-corrected chi connectivity index (χ0v) is 11.0. The van der Waals surface area contributed by atoms with Gasteiger partial charge in [-0.15, -0.1) is 0 Å². The van der Waals surface area contributed by atoms with Gasteiger partial charge in [0.05, 0.1) is 19.3 Å². The number of aryl methyl sites for hydroxylation is 1. The van der Waals surface area contributed by atoms with Gasteiger partial charge in [0.2, 0.25) is 12.2 Å². The molecule has 0 spiro atoms. The molecule has 1 saturated heterocycles. The lowest BCUT2D eigenvalue weighted by molar-refractivity contribution is -0.389. The first-order valence-electron chi connectivity index (χ1n) is 6.23. The van der Waals surface area contributed by atoms with Gasteiger partial charge in [0.15, 0.2) is 0 Å². The summed E-state index contributed by atoms with van der Waals surface area (Å²) < 4.78 is 6.47. The van der Waals surface area contributed by atoms with E-state index < -0.39 is 22.9 Å². The van der Waals surface area contributed by atoms with Gasteiger partial charge in [-0.1, -0.05) is 0 Å². The molecule has 2 atom stereocenters. The van der Waals surface area contributed by atoms with Crippen molar-refractivity contribution in [2.45, 2.75) is 19.0 Å². The first kappa shape index (κ1) is 14.9. The Hall–Kier alpha value is -2.49. The quantitative estimate of drug-likeness (QED) is 0.528. The number of aliphatic carboxylic acids is 1. The largest absolute Gasteiger partial charge is 0.481 e. The standard InChI is InChI=1S/C11H14N4O6/c16-10(13-8-5-21-4-7(8)11(17)18)1-2-14-3-9(12-6-14)15(19)20/h3,6-8H,1-2,4-5H2,(H,13,16)(H,17,18). The van der Waals surface area contributed by atoms with E-state index in [1.165, 1.54) is 17.1 Å². The highest BCUT2D eigenvalue weighted by atomic mass is 16.6. The molecule has 1 aromatic rings. The van der Waals surface area contributed by atoms with Crippen LogP contribution >= 0.6 is 0 Å². The van der Waals surface area contributed by atoms with Crippen LogP contribution in [0.2, 0.25) is 0 Å². The second kappa shape index (κ2) is 6.31. The first-order valence-corrected chi connectivity index (χ1v) is 6.23. The Morgan fingerprint density at radius 2 is 2.33 bits per heavy atom. The smallest absolute Gasteiger partial charge is 0.381 e. The van der Waals surface area contributed by atoms with E-state index in [4.69, 9.17) is 9.84 Å². The SMILES string of the molecule is O=C(CCn1cnc([N+](=O)[O-])c1)NC1COCC1C(=O)O. The molecular weight excluding hydrogens is 284 g/mol. The molecule has 1 aromatic heterocycles. The van der Waals surface area contributed by atoms with Crippen LogP contribution in [0.15, 0.2) is 12.5 Å². The molecule has 1 fully saturated rings. The normalized spacial score (nSPS) is 21.1. The minimum atomic E-state index is -1.01. The molecule has 21 heavy (non-hydrogen) atoms. The monoisotopic (exact) mass is 298 g/mol. The fraction of sp³-hybridized carbons (Fsp3) is 0.545. The zero-order chi connectivity index (χ0) is 15.4. The molecule has 2 rings (SSSR count). The molecule has 10 heteroatoms. The zero-order valence-electron chi connectivity index (χ0n) is 11.0. The van der Waals surface area contributed by atoms with Gasteiger partial charge in [-0.2, -0.15) is 0 Å². The predicted molar refractivity (Wildman–Crippen MR) is 67.4 cm³/mol. The minimum Gasteiger partial charge on any atom is -0.481 e. The van der Waals surface area contributed by atoms with Gasteiger partial charge in [-0.3, -0.25) is 9.59 Å². The van der Waals surface area contributed by atoms with E-state index in [0.29, 0.717) is 0 Å². The number of nitrogens with one attached hydrogen (secondary N) is 1. The lowest BCUT2D eigenvalue weighted by atomic mass is 10.0. The number of carboxylic acids is 1. The van der Waals surface area contributed by atoms with Crippen LogP contribution < -0.4 is 5.32 Å². The second-order valence-electron chi connectivity index (χ2n) is 4.63. The predicted octanol–water partition coefficient (Wildman–Crippen LogP) is -0.603. The Kier molecular flexibility index (Phi) is 4.48. The van der Waals surface area contributed by atoms with Crippen molar-refractivity contribution < 1.29 is 24.4 Å². The molecule has 10 nitrogen and oxygen atoms in total. The van der Waals surface area contributed by atoms with E-state index in [1.807, 2.05) is 0 Å². The molecule has 2 heterocycles. The third-order valence-corrected chi connectivity index (χ3v) is 3.15. The molecule has 114 valence electrons. The molecule has 1 amide bonds. The molecule has 0 radical (unpaired) electrons. The summed E-state index contributed by atoms with van der Waals surface area (Å²) in [4.78, 5) is 36.1.